The predicted octanol–water partition coefficient (Wildman–Crippen LogP) is 2.60. The second-order valence-corrected chi connectivity index (χ2v) is 6.59. The molecule has 3 heteroatoms. The normalized spacial score (nSPS) is 17.5. The molecule has 0 aromatic carbocycles. The maximum Gasteiger partial charge on any atom is 0.0644 e. The van der Waals surface area contributed by atoms with Gasteiger partial charge in [0.25, 0.3) is 0 Å². The fraction of sp³-hybridized carbons (Fsp3) is 1.00. The van der Waals surface area contributed by atoms with E-state index in [2.05, 4.69) is 33.0 Å². The molecule has 0 aliphatic heterocycles. The monoisotopic (exact) mass is 243 g/mol. The largest absolute Gasteiger partial charge is 0.381 e. The van der Waals surface area contributed by atoms with Gasteiger partial charge in [0, 0.05) is 31.7 Å². The van der Waals surface area contributed by atoms with Crippen LogP contribution in [0, 0.1) is 5.41 Å². The topological polar surface area (TPSA) is 30.5 Å². The molecular weight excluding hydrogens is 214 g/mol. The molecule has 1 aliphatic carbocycles. The lowest BCUT2D eigenvalue weighted by atomic mass is 9.95. The van der Waals surface area contributed by atoms with Crippen molar-refractivity contribution in [1.29, 1.82) is 0 Å². The van der Waals surface area contributed by atoms with Crippen LogP contribution in [-0.2, 0) is 9.47 Å². The van der Waals surface area contributed by atoms with Crippen molar-refractivity contribution in [2.45, 2.75) is 58.6 Å². The molecule has 1 N–H and O–H groups in total. The standard InChI is InChI=1S/C14H29NO2/c1-13(2,10-15-12-6-7-12)11-17-9-8-14(3,4)16-5/h12,15H,6-11H2,1-5H3. The smallest absolute Gasteiger partial charge is 0.0644 e. The Bertz CT molecular complexity index is 222. The number of hydrogen-bond acceptors (Lipinski definition) is 3. The summed E-state index contributed by atoms with van der Waals surface area (Å²) in [6.45, 7) is 11.3. The van der Waals surface area contributed by atoms with Crippen molar-refractivity contribution in [1.82, 2.24) is 5.32 Å². The Hall–Kier alpha value is -0.120. The average Bonchev–Trinajstić information content (AvgIpc) is 3.06. The molecule has 0 aromatic rings. The van der Waals surface area contributed by atoms with Gasteiger partial charge in [0.05, 0.1) is 12.2 Å². The molecule has 0 bridgehead atoms. The van der Waals surface area contributed by atoms with Gasteiger partial charge in [-0.1, -0.05) is 13.8 Å². The van der Waals surface area contributed by atoms with Crippen LogP contribution >= 0.6 is 0 Å². The highest BCUT2D eigenvalue weighted by Gasteiger charge is 2.25. The molecule has 1 rings (SSSR count). The first-order valence-electron chi connectivity index (χ1n) is 6.71. The van der Waals surface area contributed by atoms with Crippen LogP contribution in [0.25, 0.3) is 0 Å². The molecule has 0 saturated heterocycles. The fourth-order valence-electron chi connectivity index (χ4n) is 1.53. The van der Waals surface area contributed by atoms with E-state index in [1.807, 2.05) is 0 Å². The summed E-state index contributed by atoms with van der Waals surface area (Å²) in [5.41, 5.74) is 0.149. The van der Waals surface area contributed by atoms with Gasteiger partial charge >= 0.3 is 0 Å². The first-order chi connectivity index (χ1) is 7.85. The molecular formula is C14H29NO2. The summed E-state index contributed by atoms with van der Waals surface area (Å²) in [5, 5.41) is 3.56. The summed E-state index contributed by atoms with van der Waals surface area (Å²) in [5.74, 6) is 0. The van der Waals surface area contributed by atoms with E-state index < -0.39 is 0 Å². The van der Waals surface area contributed by atoms with E-state index in [0.717, 1.165) is 32.2 Å². The highest BCUT2D eigenvalue weighted by molar-refractivity contribution is 4.84. The van der Waals surface area contributed by atoms with Crippen molar-refractivity contribution in [2.75, 3.05) is 26.9 Å². The lowest BCUT2D eigenvalue weighted by molar-refractivity contribution is -0.0209. The maximum atomic E-state index is 5.77. The molecule has 0 atom stereocenters. The third-order valence-corrected chi connectivity index (χ3v) is 3.34. The summed E-state index contributed by atoms with van der Waals surface area (Å²) in [7, 11) is 1.75. The van der Waals surface area contributed by atoms with Crippen LogP contribution in [0.3, 0.4) is 0 Å². The van der Waals surface area contributed by atoms with Crippen molar-refractivity contribution >= 4 is 0 Å². The van der Waals surface area contributed by atoms with Crippen LogP contribution in [0.1, 0.15) is 47.0 Å². The van der Waals surface area contributed by atoms with Gasteiger partial charge in [0.2, 0.25) is 0 Å². The molecule has 0 radical (unpaired) electrons. The molecule has 0 spiro atoms. The second kappa shape index (κ2) is 6.17. The summed E-state index contributed by atoms with van der Waals surface area (Å²) in [4.78, 5) is 0. The number of ether oxygens (including phenoxy) is 2. The van der Waals surface area contributed by atoms with E-state index in [1.165, 1.54) is 12.8 Å². The van der Waals surface area contributed by atoms with Crippen LogP contribution in [0.5, 0.6) is 0 Å². The summed E-state index contributed by atoms with van der Waals surface area (Å²) >= 11 is 0. The zero-order chi connectivity index (χ0) is 12.9. The van der Waals surface area contributed by atoms with Crippen LogP contribution in [0.4, 0.5) is 0 Å². The molecule has 102 valence electrons. The van der Waals surface area contributed by atoms with Gasteiger partial charge in [-0.25, -0.2) is 0 Å². The molecule has 1 saturated carbocycles. The van der Waals surface area contributed by atoms with Crippen molar-refractivity contribution in [2.24, 2.45) is 5.41 Å². The van der Waals surface area contributed by atoms with E-state index in [1.54, 1.807) is 7.11 Å². The number of methoxy groups -OCH3 is 1. The predicted molar refractivity (Wildman–Crippen MR) is 71.3 cm³/mol. The van der Waals surface area contributed by atoms with Crippen molar-refractivity contribution in [3.63, 3.8) is 0 Å². The van der Waals surface area contributed by atoms with Gasteiger partial charge in [0.15, 0.2) is 0 Å². The number of hydrogen-bond donors (Lipinski definition) is 1. The SMILES string of the molecule is COC(C)(C)CCOCC(C)(C)CNC1CC1. The van der Waals surface area contributed by atoms with Crippen molar-refractivity contribution in [3.05, 3.63) is 0 Å². The molecule has 0 unspecified atom stereocenters. The van der Waals surface area contributed by atoms with Crippen molar-refractivity contribution in [3.8, 4) is 0 Å². The molecule has 0 heterocycles. The Morgan fingerprint density at radius 2 is 1.82 bits per heavy atom. The average molecular weight is 243 g/mol. The Balaban J connectivity index is 2.07. The van der Waals surface area contributed by atoms with E-state index in [-0.39, 0.29) is 11.0 Å². The Morgan fingerprint density at radius 1 is 1.18 bits per heavy atom. The zero-order valence-corrected chi connectivity index (χ0v) is 12.1. The van der Waals surface area contributed by atoms with Crippen LogP contribution in [0.15, 0.2) is 0 Å². The fourth-order valence-corrected chi connectivity index (χ4v) is 1.53. The van der Waals surface area contributed by atoms with E-state index in [4.69, 9.17) is 9.47 Å². The maximum absolute atomic E-state index is 5.77. The van der Waals surface area contributed by atoms with Gasteiger partial charge < -0.3 is 14.8 Å². The summed E-state index contributed by atoms with van der Waals surface area (Å²) in [6.07, 6.45) is 3.63. The lowest BCUT2D eigenvalue weighted by Gasteiger charge is -2.27. The van der Waals surface area contributed by atoms with Gasteiger partial charge in [-0.05, 0) is 33.1 Å². The van der Waals surface area contributed by atoms with E-state index >= 15 is 0 Å². The third-order valence-electron chi connectivity index (χ3n) is 3.34. The van der Waals surface area contributed by atoms with Gasteiger partial charge in [-0.15, -0.1) is 0 Å². The summed E-state index contributed by atoms with van der Waals surface area (Å²) < 4.78 is 11.1. The first-order valence-corrected chi connectivity index (χ1v) is 6.71. The van der Waals surface area contributed by atoms with Crippen LogP contribution in [-0.4, -0.2) is 38.5 Å². The van der Waals surface area contributed by atoms with Gasteiger partial charge in [-0.3, -0.25) is 0 Å². The number of rotatable bonds is 9. The number of nitrogens with one attached hydrogen (secondary N) is 1. The molecule has 1 aliphatic rings. The first kappa shape index (κ1) is 14.9. The van der Waals surface area contributed by atoms with Crippen LogP contribution < -0.4 is 5.32 Å². The molecule has 0 amide bonds. The highest BCUT2D eigenvalue weighted by Crippen LogP contribution is 2.22. The molecule has 1 fully saturated rings. The quantitative estimate of drug-likeness (QED) is 0.631. The van der Waals surface area contributed by atoms with Crippen molar-refractivity contribution < 1.29 is 9.47 Å². The second-order valence-electron chi connectivity index (χ2n) is 6.59. The van der Waals surface area contributed by atoms with Crippen LogP contribution in [0.2, 0.25) is 0 Å². The Labute approximate surface area is 106 Å². The highest BCUT2D eigenvalue weighted by atomic mass is 16.5. The lowest BCUT2D eigenvalue weighted by Crippen LogP contribution is -2.35. The molecule has 3 nitrogen and oxygen atoms in total. The van der Waals surface area contributed by atoms with Gasteiger partial charge in [-0.2, -0.15) is 0 Å². The van der Waals surface area contributed by atoms with E-state index in [0.29, 0.717) is 0 Å². The minimum absolute atomic E-state index is 0.0730. The zero-order valence-electron chi connectivity index (χ0n) is 12.1. The third kappa shape index (κ3) is 7.02. The minimum atomic E-state index is -0.0730. The van der Waals surface area contributed by atoms with Gasteiger partial charge in [0.1, 0.15) is 0 Å². The Kier molecular flexibility index (Phi) is 5.42. The molecule has 0 aromatic heterocycles. The van der Waals surface area contributed by atoms with E-state index in [9.17, 15) is 0 Å². The minimum Gasteiger partial charge on any atom is -0.381 e. The summed E-state index contributed by atoms with van der Waals surface area (Å²) in [6, 6.07) is 0.779. The molecule has 17 heavy (non-hydrogen) atoms. The Morgan fingerprint density at radius 3 is 2.35 bits per heavy atom.